The summed E-state index contributed by atoms with van der Waals surface area (Å²) in [6.07, 6.45) is 2.92. The van der Waals surface area contributed by atoms with Gasteiger partial charge in [-0.15, -0.1) is 0 Å². The lowest BCUT2D eigenvalue weighted by Gasteiger charge is -2.18. The van der Waals surface area contributed by atoms with Crippen LogP contribution in [-0.4, -0.2) is 41.2 Å². The summed E-state index contributed by atoms with van der Waals surface area (Å²) >= 11 is 8.18. The van der Waals surface area contributed by atoms with E-state index in [2.05, 4.69) is 22.5 Å². The van der Waals surface area contributed by atoms with Crippen molar-refractivity contribution < 1.29 is 5.11 Å². The molecule has 6 heteroatoms. The molecule has 24 heavy (non-hydrogen) atoms. The van der Waals surface area contributed by atoms with Gasteiger partial charge in [0.15, 0.2) is 5.96 Å². The molecule has 1 aromatic carbocycles. The first kappa shape index (κ1) is 19.4. The van der Waals surface area contributed by atoms with Gasteiger partial charge >= 0.3 is 0 Å². The van der Waals surface area contributed by atoms with E-state index in [-0.39, 0.29) is 0 Å². The van der Waals surface area contributed by atoms with E-state index in [0.717, 1.165) is 23.3 Å². The van der Waals surface area contributed by atoms with E-state index in [4.69, 9.17) is 11.6 Å². The third kappa shape index (κ3) is 5.87. The number of aliphatic imine (C=N–C) groups is 1. The van der Waals surface area contributed by atoms with Crippen LogP contribution in [0.5, 0.6) is 0 Å². The number of thioether (sulfide) groups is 1. The minimum Gasteiger partial charge on any atom is -0.386 e. The smallest absolute Gasteiger partial charge is 0.191 e. The van der Waals surface area contributed by atoms with E-state index in [1.807, 2.05) is 36.9 Å². The summed E-state index contributed by atoms with van der Waals surface area (Å²) in [4.78, 5) is 4.54. The molecule has 1 saturated carbocycles. The van der Waals surface area contributed by atoms with E-state index in [9.17, 15) is 5.11 Å². The zero-order chi connectivity index (χ0) is 17.4. The van der Waals surface area contributed by atoms with Crippen LogP contribution in [0.4, 0.5) is 0 Å². The largest absolute Gasteiger partial charge is 0.386 e. The second kappa shape index (κ2) is 10.2. The lowest BCUT2D eigenvalue weighted by atomic mass is 10.1. The second-order valence-electron chi connectivity index (χ2n) is 5.99. The molecule has 1 aliphatic carbocycles. The third-order valence-electron chi connectivity index (χ3n) is 4.16. The van der Waals surface area contributed by atoms with Gasteiger partial charge in [0.25, 0.3) is 0 Å². The fourth-order valence-electron chi connectivity index (χ4n) is 2.99. The molecular formula is C18H28ClN3OS. The molecule has 3 unspecified atom stereocenters. The van der Waals surface area contributed by atoms with Gasteiger partial charge in [0.2, 0.25) is 0 Å². The monoisotopic (exact) mass is 369 g/mol. The highest BCUT2D eigenvalue weighted by Gasteiger charge is 2.25. The highest BCUT2D eigenvalue weighted by Crippen LogP contribution is 2.29. The molecule has 1 aromatic rings. The number of hydrogen-bond acceptors (Lipinski definition) is 3. The number of rotatable bonds is 7. The molecule has 1 aliphatic rings. The fraction of sp³-hybridized carbons (Fsp3) is 0.611. The molecule has 3 N–H and O–H groups in total. The van der Waals surface area contributed by atoms with E-state index < -0.39 is 6.10 Å². The Kier molecular flexibility index (Phi) is 8.22. The zero-order valence-electron chi connectivity index (χ0n) is 14.5. The molecule has 134 valence electrons. The third-order valence-corrected chi connectivity index (χ3v) is 5.74. The quantitative estimate of drug-likeness (QED) is 0.507. The summed E-state index contributed by atoms with van der Waals surface area (Å²) in [5.41, 5.74) is 0.721. The first-order valence-electron chi connectivity index (χ1n) is 8.73. The van der Waals surface area contributed by atoms with Crippen LogP contribution in [0.2, 0.25) is 5.02 Å². The SMILES string of the molecule is CCNC(=NCC(O)c1ccccc1Cl)NC1CCC(SCC)C1. The van der Waals surface area contributed by atoms with Crippen LogP contribution < -0.4 is 10.6 Å². The number of aliphatic hydroxyl groups is 1. The van der Waals surface area contributed by atoms with Crippen molar-refractivity contribution >= 4 is 29.3 Å². The highest BCUT2D eigenvalue weighted by molar-refractivity contribution is 7.99. The van der Waals surface area contributed by atoms with Crippen LogP contribution >= 0.6 is 23.4 Å². The van der Waals surface area contributed by atoms with Gasteiger partial charge in [-0.05, 0) is 38.0 Å². The molecule has 3 atom stereocenters. The molecule has 0 amide bonds. The number of halogens is 1. The lowest BCUT2D eigenvalue weighted by molar-refractivity contribution is 0.187. The average molecular weight is 370 g/mol. The number of aliphatic hydroxyl groups excluding tert-OH is 1. The van der Waals surface area contributed by atoms with E-state index in [1.54, 1.807) is 6.07 Å². The Balaban J connectivity index is 1.92. The molecule has 1 fully saturated rings. The van der Waals surface area contributed by atoms with Gasteiger partial charge in [0, 0.05) is 28.4 Å². The van der Waals surface area contributed by atoms with Gasteiger partial charge in [-0.25, -0.2) is 0 Å². The number of nitrogens with zero attached hydrogens (tertiary/aromatic N) is 1. The number of nitrogens with one attached hydrogen (secondary N) is 2. The van der Waals surface area contributed by atoms with E-state index in [0.29, 0.717) is 17.6 Å². The van der Waals surface area contributed by atoms with Crippen LogP contribution in [-0.2, 0) is 0 Å². The number of benzene rings is 1. The van der Waals surface area contributed by atoms with Gasteiger partial charge in [0.05, 0.1) is 6.54 Å². The molecule has 0 aromatic heterocycles. The maximum atomic E-state index is 10.3. The second-order valence-corrected chi connectivity index (χ2v) is 7.97. The summed E-state index contributed by atoms with van der Waals surface area (Å²) in [5.74, 6) is 1.95. The Morgan fingerprint density at radius 2 is 2.17 bits per heavy atom. The van der Waals surface area contributed by atoms with Gasteiger partial charge in [-0.2, -0.15) is 11.8 Å². The Morgan fingerprint density at radius 1 is 1.38 bits per heavy atom. The van der Waals surface area contributed by atoms with Gasteiger partial charge in [-0.3, -0.25) is 4.99 Å². The predicted octanol–water partition coefficient (Wildman–Crippen LogP) is 3.60. The van der Waals surface area contributed by atoms with Crippen molar-refractivity contribution in [3.05, 3.63) is 34.9 Å². The highest BCUT2D eigenvalue weighted by atomic mass is 35.5. The van der Waals surface area contributed by atoms with Crippen molar-refractivity contribution in [2.45, 2.75) is 50.5 Å². The van der Waals surface area contributed by atoms with Crippen molar-refractivity contribution in [3.63, 3.8) is 0 Å². The van der Waals surface area contributed by atoms with Gasteiger partial charge < -0.3 is 15.7 Å². The van der Waals surface area contributed by atoms with Crippen molar-refractivity contribution in [3.8, 4) is 0 Å². The standard InChI is InChI=1S/C18H28ClN3OS/c1-3-20-18(22-13-9-10-14(11-13)24-4-2)21-12-17(23)15-7-5-6-8-16(15)19/h5-8,13-14,17,23H,3-4,9-12H2,1-2H3,(H2,20,21,22). The fourth-order valence-corrected chi connectivity index (χ4v) is 4.40. The van der Waals surface area contributed by atoms with Crippen LogP contribution in [0.25, 0.3) is 0 Å². The number of hydrogen-bond donors (Lipinski definition) is 3. The molecule has 0 saturated heterocycles. The Bertz CT molecular complexity index is 541. The molecular weight excluding hydrogens is 342 g/mol. The minimum absolute atomic E-state index is 0.291. The Labute approximate surface area is 154 Å². The maximum absolute atomic E-state index is 10.3. The molecule has 0 radical (unpaired) electrons. The van der Waals surface area contributed by atoms with Gasteiger partial charge in [-0.1, -0.05) is 36.7 Å². The Morgan fingerprint density at radius 3 is 2.88 bits per heavy atom. The summed E-state index contributed by atoms with van der Waals surface area (Å²) in [7, 11) is 0. The molecule has 0 spiro atoms. The van der Waals surface area contributed by atoms with Crippen LogP contribution in [0, 0.1) is 0 Å². The average Bonchev–Trinajstić information content (AvgIpc) is 3.00. The van der Waals surface area contributed by atoms with Crippen molar-refractivity contribution in [1.29, 1.82) is 0 Å². The summed E-state index contributed by atoms with van der Waals surface area (Å²) in [5, 5.41) is 18.4. The maximum Gasteiger partial charge on any atom is 0.191 e. The lowest BCUT2D eigenvalue weighted by Crippen LogP contribution is -2.42. The van der Waals surface area contributed by atoms with E-state index in [1.165, 1.54) is 25.0 Å². The Hall–Kier alpha value is -0.910. The van der Waals surface area contributed by atoms with Crippen molar-refractivity contribution in [2.24, 2.45) is 4.99 Å². The molecule has 0 heterocycles. The zero-order valence-corrected chi connectivity index (χ0v) is 16.0. The summed E-state index contributed by atoms with van der Waals surface area (Å²) < 4.78 is 0. The predicted molar refractivity (Wildman–Crippen MR) is 105 cm³/mol. The molecule has 2 rings (SSSR count). The molecule has 0 aliphatic heterocycles. The number of guanidine groups is 1. The first-order chi connectivity index (χ1) is 11.6. The first-order valence-corrected chi connectivity index (χ1v) is 10.2. The van der Waals surface area contributed by atoms with Crippen LogP contribution in [0.15, 0.2) is 29.3 Å². The van der Waals surface area contributed by atoms with E-state index >= 15 is 0 Å². The van der Waals surface area contributed by atoms with Crippen molar-refractivity contribution in [1.82, 2.24) is 10.6 Å². The van der Waals surface area contributed by atoms with Crippen molar-refractivity contribution in [2.75, 3.05) is 18.8 Å². The minimum atomic E-state index is -0.693. The molecule has 0 bridgehead atoms. The van der Waals surface area contributed by atoms with Crippen LogP contribution in [0.1, 0.15) is 44.8 Å². The topological polar surface area (TPSA) is 56.7 Å². The van der Waals surface area contributed by atoms with Gasteiger partial charge in [0.1, 0.15) is 6.10 Å². The molecule has 4 nitrogen and oxygen atoms in total. The summed E-state index contributed by atoms with van der Waals surface area (Å²) in [6, 6.07) is 7.83. The summed E-state index contributed by atoms with van der Waals surface area (Å²) in [6.45, 7) is 5.35. The normalized spacial score (nSPS) is 22.4. The van der Waals surface area contributed by atoms with Crippen LogP contribution in [0.3, 0.4) is 0 Å².